The molecule has 1 aromatic heterocycles. The quantitative estimate of drug-likeness (QED) is 0.773. The number of unbranched alkanes of at least 4 members (excludes halogenated alkanes) is 2. The Morgan fingerprint density at radius 2 is 2.05 bits per heavy atom. The van der Waals surface area contributed by atoms with Crippen molar-refractivity contribution in [1.29, 1.82) is 0 Å². The molecule has 21 heavy (non-hydrogen) atoms. The fraction of sp³-hybridized carbons (Fsp3) is 0.625. The van der Waals surface area contributed by atoms with Gasteiger partial charge in [0.25, 0.3) is 0 Å². The van der Waals surface area contributed by atoms with E-state index in [1.807, 2.05) is 29.3 Å². The molecule has 1 aromatic rings. The number of hydrogen-bond donors (Lipinski definition) is 1. The predicted octanol–water partition coefficient (Wildman–Crippen LogP) is 1.51. The molecule has 116 valence electrons. The van der Waals surface area contributed by atoms with Gasteiger partial charge in [0, 0.05) is 32.4 Å². The molecule has 5 heteroatoms. The zero-order valence-electron chi connectivity index (χ0n) is 12.9. The van der Waals surface area contributed by atoms with E-state index in [0.29, 0.717) is 6.54 Å². The molecule has 0 atom stereocenters. The Morgan fingerprint density at radius 1 is 1.24 bits per heavy atom. The van der Waals surface area contributed by atoms with Gasteiger partial charge in [0.05, 0.1) is 6.54 Å². The fourth-order valence-electron chi connectivity index (χ4n) is 2.53. The van der Waals surface area contributed by atoms with Crippen molar-refractivity contribution in [3.8, 4) is 0 Å². The number of aromatic nitrogens is 1. The topological polar surface area (TPSA) is 48.5 Å². The van der Waals surface area contributed by atoms with Crippen LogP contribution in [0, 0.1) is 0 Å². The van der Waals surface area contributed by atoms with Gasteiger partial charge in [0.15, 0.2) is 0 Å². The molecule has 0 radical (unpaired) electrons. The van der Waals surface area contributed by atoms with Gasteiger partial charge in [-0.15, -0.1) is 0 Å². The van der Waals surface area contributed by atoms with Gasteiger partial charge in [0.2, 0.25) is 5.91 Å². The third-order valence-electron chi connectivity index (χ3n) is 3.84. The highest BCUT2D eigenvalue weighted by molar-refractivity contribution is 5.78. The first-order valence-electron chi connectivity index (χ1n) is 7.95. The van der Waals surface area contributed by atoms with Gasteiger partial charge in [-0.25, -0.2) is 4.98 Å². The standard InChI is InChI=1S/C16H26N4O/c1-2-3-5-8-17-14-16(21)20-12-10-19(11-13-20)15-7-4-6-9-18-15/h4,6-7,9,17H,2-3,5,8,10-14H2,1H3. The van der Waals surface area contributed by atoms with Gasteiger partial charge in [-0.3, -0.25) is 4.79 Å². The lowest BCUT2D eigenvalue weighted by molar-refractivity contribution is -0.130. The number of anilines is 1. The largest absolute Gasteiger partial charge is 0.353 e. The lowest BCUT2D eigenvalue weighted by Crippen LogP contribution is -2.51. The van der Waals surface area contributed by atoms with Gasteiger partial charge in [0.1, 0.15) is 5.82 Å². The first-order valence-corrected chi connectivity index (χ1v) is 7.95. The number of carbonyl (C=O) groups excluding carboxylic acids is 1. The van der Waals surface area contributed by atoms with Crippen molar-refractivity contribution in [3.63, 3.8) is 0 Å². The maximum absolute atomic E-state index is 12.1. The van der Waals surface area contributed by atoms with Crippen molar-refractivity contribution in [1.82, 2.24) is 15.2 Å². The molecule has 0 bridgehead atoms. The highest BCUT2D eigenvalue weighted by atomic mass is 16.2. The number of carbonyl (C=O) groups is 1. The van der Waals surface area contributed by atoms with Crippen molar-refractivity contribution >= 4 is 11.7 Å². The molecule has 1 aliphatic heterocycles. The van der Waals surface area contributed by atoms with Crippen LogP contribution in [-0.4, -0.2) is 55.1 Å². The Hall–Kier alpha value is -1.62. The molecule has 1 aliphatic rings. The van der Waals surface area contributed by atoms with E-state index in [0.717, 1.165) is 45.0 Å². The van der Waals surface area contributed by atoms with E-state index in [1.54, 1.807) is 0 Å². The van der Waals surface area contributed by atoms with Crippen LogP contribution in [0.1, 0.15) is 26.2 Å². The predicted molar refractivity (Wildman–Crippen MR) is 85.4 cm³/mol. The normalized spacial score (nSPS) is 15.3. The molecular formula is C16H26N4O. The summed E-state index contributed by atoms with van der Waals surface area (Å²) in [5.41, 5.74) is 0. The minimum Gasteiger partial charge on any atom is -0.353 e. The molecule has 1 fully saturated rings. The van der Waals surface area contributed by atoms with Gasteiger partial charge in [-0.2, -0.15) is 0 Å². The summed E-state index contributed by atoms with van der Waals surface area (Å²) in [6.07, 6.45) is 5.40. The van der Waals surface area contributed by atoms with Crippen LogP contribution in [-0.2, 0) is 4.79 Å². The summed E-state index contributed by atoms with van der Waals surface area (Å²) in [4.78, 5) is 20.6. The Balaban J connectivity index is 1.67. The zero-order valence-corrected chi connectivity index (χ0v) is 12.9. The minimum absolute atomic E-state index is 0.215. The second-order valence-corrected chi connectivity index (χ2v) is 5.44. The van der Waals surface area contributed by atoms with Crippen LogP contribution in [0.3, 0.4) is 0 Å². The first-order chi connectivity index (χ1) is 10.3. The number of hydrogen-bond acceptors (Lipinski definition) is 4. The third kappa shape index (κ3) is 5.01. The molecule has 0 aliphatic carbocycles. The Bertz CT molecular complexity index is 416. The smallest absolute Gasteiger partial charge is 0.236 e. The molecule has 5 nitrogen and oxygen atoms in total. The number of nitrogens with zero attached hydrogens (tertiary/aromatic N) is 3. The number of pyridine rings is 1. The van der Waals surface area contributed by atoms with E-state index in [2.05, 4.69) is 22.1 Å². The molecule has 2 rings (SSSR count). The van der Waals surface area contributed by atoms with Crippen molar-refractivity contribution in [2.24, 2.45) is 0 Å². The SMILES string of the molecule is CCCCCNCC(=O)N1CCN(c2ccccn2)CC1. The molecular weight excluding hydrogens is 264 g/mol. The number of amides is 1. The average molecular weight is 290 g/mol. The maximum Gasteiger partial charge on any atom is 0.236 e. The number of nitrogens with one attached hydrogen (secondary N) is 1. The molecule has 1 amide bonds. The second-order valence-electron chi connectivity index (χ2n) is 5.44. The minimum atomic E-state index is 0.215. The molecule has 1 N–H and O–H groups in total. The van der Waals surface area contributed by atoms with Crippen molar-refractivity contribution in [2.75, 3.05) is 44.2 Å². The van der Waals surface area contributed by atoms with Crippen LogP contribution in [0.4, 0.5) is 5.82 Å². The molecule has 0 aromatic carbocycles. The summed E-state index contributed by atoms with van der Waals surface area (Å²) >= 11 is 0. The van der Waals surface area contributed by atoms with Gasteiger partial charge >= 0.3 is 0 Å². The summed E-state index contributed by atoms with van der Waals surface area (Å²) in [6, 6.07) is 5.94. The van der Waals surface area contributed by atoms with Crippen LogP contribution < -0.4 is 10.2 Å². The molecule has 1 saturated heterocycles. The maximum atomic E-state index is 12.1. The van der Waals surface area contributed by atoms with Gasteiger partial charge in [-0.1, -0.05) is 25.8 Å². The van der Waals surface area contributed by atoms with Crippen molar-refractivity contribution < 1.29 is 4.79 Å². The first kappa shape index (κ1) is 15.8. The summed E-state index contributed by atoms with van der Waals surface area (Å²) < 4.78 is 0. The van der Waals surface area contributed by atoms with Crippen LogP contribution >= 0.6 is 0 Å². The summed E-state index contributed by atoms with van der Waals surface area (Å²) in [5, 5.41) is 3.24. The summed E-state index contributed by atoms with van der Waals surface area (Å²) in [6.45, 7) is 6.88. The summed E-state index contributed by atoms with van der Waals surface area (Å²) in [5.74, 6) is 1.22. The molecule has 0 spiro atoms. The summed E-state index contributed by atoms with van der Waals surface area (Å²) in [7, 11) is 0. The van der Waals surface area contributed by atoms with E-state index in [1.165, 1.54) is 12.8 Å². The Kier molecular flexibility index (Phi) is 6.47. The van der Waals surface area contributed by atoms with Gasteiger partial charge < -0.3 is 15.1 Å². The molecule has 2 heterocycles. The number of piperazine rings is 1. The van der Waals surface area contributed by atoms with E-state index in [4.69, 9.17) is 0 Å². The monoisotopic (exact) mass is 290 g/mol. The van der Waals surface area contributed by atoms with E-state index in [9.17, 15) is 4.79 Å². The highest BCUT2D eigenvalue weighted by Crippen LogP contribution is 2.12. The van der Waals surface area contributed by atoms with Crippen molar-refractivity contribution in [2.45, 2.75) is 26.2 Å². The molecule has 0 saturated carbocycles. The second kappa shape index (κ2) is 8.62. The lowest BCUT2D eigenvalue weighted by Gasteiger charge is -2.35. The fourth-order valence-corrected chi connectivity index (χ4v) is 2.53. The lowest BCUT2D eigenvalue weighted by atomic mass is 10.2. The Labute approximate surface area is 127 Å². The van der Waals surface area contributed by atoms with Crippen molar-refractivity contribution in [3.05, 3.63) is 24.4 Å². The highest BCUT2D eigenvalue weighted by Gasteiger charge is 2.21. The zero-order chi connectivity index (χ0) is 14.9. The number of rotatable bonds is 7. The van der Waals surface area contributed by atoms with Gasteiger partial charge in [-0.05, 0) is 25.1 Å². The average Bonchev–Trinajstić information content (AvgIpc) is 2.55. The van der Waals surface area contributed by atoms with E-state index in [-0.39, 0.29) is 5.91 Å². The van der Waals surface area contributed by atoms with E-state index < -0.39 is 0 Å². The van der Waals surface area contributed by atoms with Crippen LogP contribution in [0.2, 0.25) is 0 Å². The van der Waals surface area contributed by atoms with Crippen LogP contribution in [0.25, 0.3) is 0 Å². The third-order valence-corrected chi connectivity index (χ3v) is 3.84. The van der Waals surface area contributed by atoms with E-state index >= 15 is 0 Å². The molecule has 0 unspecified atom stereocenters. The van der Waals surface area contributed by atoms with Crippen LogP contribution in [0.5, 0.6) is 0 Å². The Morgan fingerprint density at radius 3 is 2.71 bits per heavy atom. The van der Waals surface area contributed by atoms with Crippen LogP contribution in [0.15, 0.2) is 24.4 Å².